The van der Waals surface area contributed by atoms with Crippen LogP contribution in [0, 0.1) is 21.4 Å². The molecule has 2 rings (SSSR count). The van der Waals surface area contributed by atoms with Crippen LogP contribution >= 0.6 is 0 Å². The first-order valence-electron chi connectivity index (χ1n) is 6.52. The number of benzene rings is 2. The molecule has 0 aromatic heterocycles. The molecule has 0 saturated heterocycles. The van der Waals surface area contributed by atoms with Crippen molar-refractivity contribution in [2.75, 3.05) is 11.6 Å². The summed E-state index contributed by atoms with van der Waals surface area (Å²) in [7, 11) is -3.52. The number of nitro benzene ring substituents is 1. The molecule has 0 radical (unpaired) electrons. The summed E-state index contributed by atoms with van der Waals surface area (Å²) in [5.74, 6) is 0. The molecule has 7 nitrogen and oxygen atoms in total. The van der Waals surface area contributed by atoms with Gasteiger partial charge in [0.1, 0.15) is 5.69 Å². The zero-order valence-electron chi connectivity index (χ0n) is 12.2. The van der Waals surface area contributed by atoms with E-state index >= 15 is 0 Å². The van der Waals surface area contributed by atoms with Crippen LogP contribution in [0.3, 0.4) is 0 Å². The van der Waals surface area contributed by atoms with E-state index in [0.29, 0.717) is 5.69 Å². The number of hydrogen-bond donors (Lipinski definition) is 1. The highest BCUT2D eigenvalue weighted by molar-refractivity contribution is 7.90. The van der Waals surface area contributed by atoms with Crippen molar-refractivity contribution in [1.82, 2.24) is 0 Å². The van der Waals surface area contributed by atoms with Gasteiger partial charge in [-0.3, -0.25) is 10.1 Å². The van der Waals surface area contributed by atoms with Crippen LogP contribution in [0.4, 0.5) is 17.1 Å². The molecule has 0 saturated carbocycles. The van der Waals surface area contributed by atoms with Crippen molar-refractivity contribution in [3.63, 3.8) is 0 Å². The fourth-order valence-corrected chi connectivity index (χ4v) is 2.59. The number of nitrogens with zero attached hydrogens (tertiary/aromatic N) is 2. The molecule has 8 heteroatoms. The minimum absolute atomic E-state index is 0.112. The van der Waals surface area contributed by atoms with E-state index in [-0.39, 0.29) is 22.7 Å². The second-order valence-electron chi connectivity index (χ2n) is 4.87. The number of nitriles is 1. The van der Waals surface area contributed by atoms with E-state index in [4.69, 9.17) is 5.26 Å². The van der Waals surface area contributed by atoms with Crippen LogP contribution in [-0.2, 0) is 16.3 Å². The first-order chi connectivity index (χ1) is 10.8. The summed E-state index contributed by atoms with van der Waals surface area (Å²) in [6.45, 7) is 0. The third-order valence-corrected chi connectivity index (χ3v) is 4.22. The molecule has 0 heterocycles. The molecule has 0 bridgehead atoms. The van der Waals surface area contributed by atoms with Gasteiger partial charge in [-0.1, -0.05) is 12.1 Å². The number of anilines is 2. The summed E-state index contributed by atoms with van der Waals surface area (Å²) in [5, 5.41) is 22.7. The predicted molar refractivity (Wildman–Crippen MR) is 85.2 cm³/mol. The highest BCUT2D eigenvalue weighted by Crippen LogP contribution is 2.30. The average Bonchev–Trinajstić information content (AvgIpc) is 2.48. The second-order valence-corrected chi connectivity index (χ2v) is 6.88. The van der Waals surface area contributed by atoms with Gasteiger partial charge < -0.3 is 5.32 Å². The third-order valence-electron chi connectivity index (χ3n) is 3.11. The minimum Gasteiger partial charge on any atom is -0.350 e. The number of sulfone groups is 1. The van der Waals surface area contributed by atoms with Crippen molar-refractivity contribution < 1.29 is 13.3 Å². The van der Waals surface area contributed by atoms with Gasteiger partial charge in [-0.2, -0.15) is 5.26 Å². The van der Waals surface area contributed by atoms with Crippen LogP contribution in [0.15, 0.2) is 47.4 Å². The normalized spacial score (nSPS) is 10.8. The molecule has 118 valence electrons. The Hall–Kier alpha value is -2.92. The molecule has 0 aliphatic carbocycles. The van der Waals surface area contributed by atoms with E-state index in [1.807, 2.05) is 6.07 Å². The van der Waals surface area contributed by atoms with Crippen LogP contribution < -0.4 is 5.32 Å². The van der Waals surface area contributed by atoms with Gasteiger partial charge in [0, 0.05) is 18.0 Å². The second kappa shape index (κ2) is 6.46. The van der Waals surface area contributed by atoms with Crippen molar-refractivity contribution in [3.8, 4) is 6.07 Å². The van der Waals surface area contributed by atoms with Gasteiger partial charge in [0.15, 0.2) is 9.84 Å². The van der Waals surface area contributed by atoms with Gasteiger partial charge in [-0.05, 0) is 29.8 Å². The predicted octanol–water partition coefficient (Wildman–Crippen LogP) is 2.81. The van der Waals surface area contributed by atoms with E-state index in [2.05, 4.69) is 5.32 Å². The Morgan fingerprint density at radius 3 is 2.39 bits per heavy atom. The standard InChI is InChI=1S/C15H13N3O4S/c1-23(21,22)13-6-7-14(15(10-13)18(19)20)17-12-4-2-11(3-5-12)8-9-16/h2-7,10,17H,8H2,1H3. The Labute approximate surface area is 133 Å². The monoisotopic (exact) mass is 331 g/mol. The van der Waals surface area contributed by atoms with E-state index in [9.17, 15) is 18.5 Å². The van der Waals surface area contributed by atoms with E-state index in [1.165, 1.54) is 12.1 Å². The number of nitro groups is 1. The highest BCUT2D eigenvalue weighted by atomic mass is 32.2. The fourth-order valence-electron chi connectivity index (χ4n) is 1.95. The van der Waals surface area contributed by atoms with Gasteiger partial charge in [0.2, 0.25) is 0 Å². The molecule has 0 atom stereocenters. The Balaban J connectivity index is 2.36. The fraction of sp³-hybridized carbons (Fsp3) is 0.133. The molecule has 0 amide bonds. The summed E-state index contributed by atoms with van der Waals surface area (Å²) in [6.07, 6.45) is 1.27. The van der Waals surface area contributed by atoms with Gasteiger partial charge in [-0.25, -0.2) is 8.42 Å². The Morgan fingerprint density at radius 1 is 1.22 bits per heavy atom. The van der Waals surface area contributed by atoms with Gasteiger partial charge in [0.25, 0.3) is 5.69 Å². The van der Waals surface area contributed by atoms with Gasteiger partial charge in [0.05, 0.1) is 22.3 Å². The zero-order chi connectivity index (χ0) is 17.0. The summed E-state index contributed by atoms with van der Waals surface area (Å²) >= 11 is 0. The van der Waals surface area contributed by atoms with E-state index < -0.39 is 14.8 Å². The molecule has 2 aromatic carbocycles. The topological polar surface area (TPSA) is 113 Å². The van der Waals surface area contributed by atoms with Gasteiger partial charge >= 0.3 is 0 Å². The molecule has 1 N–H and O–H groups in total. The summed E-state index contributed by atoms with van der Waals surface area (Å²) in [5.41, 5.74) is 1.30. The molecule has 0 unspecified atom stereocenters. The summed E-state index contributed by atoms with van der Waals surface area (Å²) in [4.78, 5) is 10.4. The lowest BCUT2D eigenvalue weighted by atomic mass is 10.1. The summed E-state index contributed by atoms with van der Waals surface area (Å²) < 4.78 is 23.0. The van der Waals surface area contributed by atoms with E-state index in [0.717, 1.165) is 17.9 Å². The van der Waals surface area contributed by atoms with Crippen LogP contribution in [0.1, 0.15) is 5.56 Å². The molecular weight excluding hydrogens is 318 g/mol. The van der Waals surface area contributed by atoms with Crippen molar-refractivity contribution in [2.24, 2.45) is 0 Å². The Bertz CT molecular complexity index is 884. The molecule has 2 aromatic rings. The number of nitrogens with one attached hydrogen (secondary N) is 1. The van der Waals surface area contributed by atoms with Crippen LogP contribution in [0.5, 0.6) is 0 Å². The van der Waals surface area contributed by atoms with Gasteiger partial charge in [-0.15, -0.1) is 0 Å². The van der Waals surface area contributed by atoms with E-state index in [1.54, 1.807) is 24.3 Å². The molecule has 0 spiro atoms. The third kappa shape index (κ3) is 4.05. The van der Waals surface area contributed by atoms with Crippen molar-refractivity contribution >= 4 is 26.9 Å². The number of rotatable bonds is 5. The minimum atomic E-state index is -3.52. The molecule has 0 fully saturated rings. The van der Waals surface area contributed by atoms with Crippen LogP contribution in [0.2, 0.25) is 0 Å². The average molecular weight is 331 g/mol. The lowest BCUT2D eigenvalue weighted by molar-refractivity contribution is -0.384. The lowest BCUT2D eigenvalue weighted by Crippen LogP contribution is -2.02. The number of hydrogen-bond acceptors (Lipinski definition) is 6. The maximum Gasteiger partial charge on any atom is 0.293 e. The maximum atomic E-state index is 11.5. The maximum absolute atomic E-state index is 11.5. The molecular formula is C15H13N3O4S. The Morgan fingerprint density at radius 2 is 1.87 bits per heavy atom. The molecule has 23 heavy (non-hydrogen) atoms. The zero-order valence-corrected chi connectivity index (χ0v) is 13.0. The highest BCUT2D eigenvalue weighted by Gasteiger charge is 2.18. The molecule has 0 aliphatic heterocycles. The Kier molecular flexibility index (Phi) is 4.62. The van der Waals surface area contributed by atoms with Crippen molar-refractivity contribution in [1.29, 1.82) is 5.26 Å². The first kappa shape index (κ1) is 16.5. The first-order valence-corrected chi connectivity index (χ1v) is 8.42. The smallest absolute Gasteiger partial charge is 0.293 e. The summed E-state index contributed by atoms with van der Waals surface area (Å²) in [6, 6.07) is 12.6. The quantitative estimate of drug-likeness (QED) is 0.665. The molecule has 0 aliphatic rings. The SMILES string of the molecule is CS(=O)(=O)c1ccc(Nc2ccc(CC#N)cc2)c([N+](=O)[O-])c1. The van der Waals surface area contributed by atoms with Crippen LogP contribution in [-0.4, -0.2) is 19.6 Å². The largest absolute Gasteiger partial charge is 0.350 e. The lowest BCUT2D eigenvalue weighted by Gasteiger charge is -2.09. The van der Waals surface area contributed by atoms with Crippen molar-refractivity contribution in [2.45, 2.75) is 11.3 Å². The van der Waals surface area contributed by atoms with Crippen LogP contribution in [0.25, 0.3) is 0 Å². The van der Waals surface area contributed by atoms with Crippen molar-refractivity contribution in [3.05, 3.63) is 58.1 Å².